The predicted octanol–water partition coefficient (Wildman–Crippen LogP) is 0.291. The van der Waals surface area contributed by atoms with E-state index < -0.39 is 0 Å². The molecule has 1 fully saturated rings. The van der Waals surface area contributed by atoms with Gasteiger partial charge in [-0.2, -0.15) is 0 Å². The Morgan fingerprint density at radius 1 is 1.14 bits per heavy atom. The van der Waals surface area contributed by atoms with E-state index >= 15 is 0 Å². The van der Waals surface area contributed by atoms with Crippen molar-refractivity contribution >= 4 is 17.5 Å². The summed E-state index contributed by atoms with van der Waals surface area (Å²) in [5.41, 5.74) is 2.48. The standard InChI is InChI=1S/C22H28ClN3O2/c1-24(15-19-4-3-5-21(14-19)28-2)17-22(27)26-12-10-25(11-13-26)16-18-6-8-20(23)9-7-18/h3-9,14H,10-13,15-17H2,1-2H3/p+2. The summed E-state index contributed by atoms with van der Waals surface area (Å²) in [6.07, 6.45) is 0. The number of carbonyl (C=O) groups is 1. The molecule has 150 valence electrons. The monoisotopic (exact) mass is 403 g/mol. The minimum Gasteiger partial charge on any atom is -0.497 e. The molecule has 0 aromatic heterocycles. The van der Waals surface area contributed by atoms with Crippen LogP contribution in [0.15, 0.2) is 48.5 Å². The third kappa shape index (κ3) is 5.96. The first kappa shape index (κ1) is 20.6. The maximum absolute atomic E-state index is 12.7. The molecule has 2 aromatic carbocycles. The number of carbonyl (C=O) groups excluding carboxylic acids is 1. The minimum atomic E-state index is 0.242. The molecule has 6 heteroatoms. The smallest absolute Gasteiger partial charge is 0.278 e. The van der Waals surface area contributed by atoms with Crippen molar-refractivity contribution < 1.29 is 19.3 Å². The van der Waals surface area contributed by atoms with Crippen LogP contribution in [0.5, 0.6) is 5.75 Å². The number of likely N-dealkylation sites (N-methyl/N-ethyl adjacent to an activating group) is 1. The second kappa shape index (κ2) is 9.92. The van der Waals surface area contributed by atoms with Gasteiger partial charge in [0.1, 0.15) is 18.8 Å². The normalized spacial score (nSPS) is 16.0. The summed E-state index contributed by atoms with van der Waals surface area (Å²) < 4.78 is 5.28. The van der Waals surface area contributed by atoms with Crippen molar-refractivity contribution in [1.82, 2.24) is 4.90 Å². The summed E-state index contributed by atoms with van der Waals surface area (Å²) in [7, 11) is 3.74. The molecule has 0 bridgehead atoms. The SMILES string of the molecule is COc1cccc(C[NH+](C)CC(=O)N2CC[NH+](Cc3ccc(Cl)cc3)CC2)c1. The summed E-state index contributed by atoms with van der Waals surface area (Å²) in [5, 5.41) is 0.773. The Labute approximate surface area is 172 Å². The number of quaternary nitrogens is 2. The molecule has 5 nitrogen and oxygen atoms in total. The number of piperazine rings is 1. The van der Waals surface area contributed by atoms with Crippen molar-refractivity contribution in [2.45, 2.75) is 13.1 Å². The summed E-state index contributed by atoms with van der Waals surface area (Å²) >= 11 is 5.96. The van der Waals surface area contributed by atoms with Crippen molar-refractivity contribution in [1.29, 1.82) is 0 Å². The van der Waals surface area contributed by atoms with Crippen LogP contribution < -0.4 is 14.5 Å². The molecular formula is C22H30ClN3O2+2. The van der Waals surface area contributed by atoms with Gasteiger partial charge in [0.15, 0.2) is 6.54 Å². The van der Waals surface area contributed by atoms with E-state index in [1.165, 1.54) is 20.9 Å². The van der Waals surface area contributed by atoms with Gasteiger partial charge in [-0.25, -0.2) is 0 Å². The molecule has 1 heterocycles. The van der Waals surface area contributed by atoms with Crippen LogP contribution in [0, 0.1) is 0 Å². The van der Waals surface area contributed by atoms with Crippen LogP contribution in [0.25, 0.3) is 0 Å². The Hall–Kier alpha value is -2.08. The lowest BCUT2D eigenvalue weighted by molar-refractivity contribution is -0.918. The molecule has 3 rings (SSSR count). The summed E-state index contributed by atoms with van der Waals surface area (Å²) in [6.45, 7) is 5.95. The van der Waals surface area contributed by atoms with Crippen LogP contribution in [-0.4, -0.2) is 57.7 Å². The van der Waals surface area contributed by atoms with E-state index in [4.69, 9.17) is 16.3 Å². The van der Waals surface area contributed by atoms with E-state index in [1.807, 2.05) is 35.2 Å². The molecule has 0 saturated carbocycles. The molecule has 2 aromatic rings. The van der Waals surface area contributed by atoms with Gasteiger partial charge in [-0.1, -0.05) is 35.9 Å². The first-order valence-electron chi connectivity index (χ1n) is 9.83. The van der Waals surface area contributed by atoms with Crippen LogP contribution in [-0.2, 0) is 17.9 Å². The fourth-order valence-corrected chi connectivity index (χ4v) is 3.83. The molecule has 0 spiro atoms. The number of amides is 1. The molecular weight excluding hydrogens is 374 g/mol. The van der Waals surface area contributed by atoms with Gasteiger partial charge in [-0.15, -0.1) is 0 Å². The molecule has 0 radical (unpaired) electrons. The fraction of sp³-hybridized carbons (Fsp3) is 0.409. The summed E-state index contributed by atoms with van der Waals surface area (Å²) in [4.78, 5) is 17.4. The zero-order valence-corrected chi connectivity index (χ0v) is 17.5. The Balaban J connectivity index is 1.43. The van der Waals surface area contributed by atoms with E-state index in [0.29, 0.717) is 6.54 Å². The molecule has 1 saturated heterocycles. The highest BCUT2D eigenvalue weighted by Crippen LogP contribution is 2.11. The first-order chi connectivity index (χ1) is 13.5. The van der Waals surface area contributed by atoms with E-state index in [1.54, 1.807) is 7.11 Å². The zero-order chi connectivity index (χ0) is 19.9. The van der Waals surface area contributed by atoms with Gasteiger partial charge in [0.2, 0.25) is 0 Å². The number of ether oxygens (including phenoxy) is 1. The molecule has 1 atom stereocenters. The van der Waals surface area contributed by atoms with E-state index in [9.17, 15) is 4.79 Å². The third-order valence-corrected chi connectivity index (χ3v) is 5.54. The number of nitrogens with zero attached hydrogens (tertiary/aromatic N) is 1. The number of rotatable bonds is 7. The van der Waals surface area contributed by atoms with Crippen LogP contribution in [0.4, 0.5) is 0 Å². The lowest BCUT2D eigenvalue weighted by Gasteiger charge is -2.32. The molecule has 0 aliphatic carbocycles. The molecule has 1 unspecified atom stereocenters. The van der Waals surface area contributed by atoms with Crippen LogP contribution in [0.1, 0.15) is 11.1 Å². The third-order valence-electron chi connectivity index (χ3n) is 5.28. The second-order valence-corrected chi connectivity index (χ2v) is 8.03. The lowest BCUT2D eigenvalue weighted by Crippen LogP contribution is -3.14. The van der Waals surface area contributed by atoms with Gasteiger partial charge in [-0.05, 0) is 24.3 Å². The Kier molecular flexibility index (Phi) is 7.31. The molecule has 2 N–H and O–H groups in total. The lowest BCUT2D eigenvalue weighted by atomic mass is 10.2. The van der Waals surface area contributed by atoms with Crippen molar-refractivity contribution in [3.05, 3.63) is 64.7 Å². The van der Waals surface area contributed by atoms with Crippen LogP contribution >= 0.6 is 11.6 Å². The Bertz CT molecular complexity index is 774. The summed E-state index contributed by atoms with van der Waals surface area (Å²) in [6, 6.07) is 16.1. The van der Waals surface area contributed by atoms with Gasteiger partial charge in [0.05, 0.1) is 40.3 Å². The fourth-order valence-electron chi connectivity index (χ4n) is 3.70. The maximum atomic E-state index is 12.7. The number of benzene rings is 2. The minimum absolute atomic E-state index is 0.242. The van der Waals surface area contributed by atoms with Crippen molar-refractivity contribution in [2.75, 3.05) is 46.9 Å². The van der Waals surface area contributed by atoms with Gasteiger partial charge in [0.25, 0.3) is 5.91 Å². The number of methoxy groups -OCH3 is 1. The Morgan fingerprint density at radius 2 is 1.86 bits per heavy atom. The number of hydrogen-bond donors (Lipinski definition) is 2. The second-order valence-electron chi connectivity index (χ2n) is 7.60. The van der Waals surface area contributed by atoms with E-state index in [2.05, 4.69) is 25.2 Å². The zero-order valence-electron chi connectivity index (χ0n) is 16.7. The van der Waals surface area contributed by atoms with Gasteiger partial charge >= 0.3 is 0 Å². The van der Waals surface area contributed by atoms with Crippen molar-refractivity contribution in [3.8, 4) is 5.75 Å². The highest BCUT2D eigenvalue weighted by atomic mass is 35.5. The first-order valence-corrected chi connectivity index (χ1v) is 10.2. The molecule has 1 amide bonds. The Morgan fingerprint density at radius 3 is 2.54 bits per heavy atom. The average Bonchev–Trinajstić information content (AvgIpc) is 2.70. The van der Waals surface area contributed by atoms with E-state index in [0.717, 1.165) is 50.0 Å². The van der Waals surface area contributed by atoms with Crippen LogP contribution in [0.2, 0.25) is 5.02 Å². The number of hydrogen-bond acceptors (Lipinski definition) is 2. The molecule has 1 aliphatic rings. The number of halogens is 1. The highest BCUT2D eigenvalue weighted by molar-refractivity contribution is 6.30. The van der Waals surface area contributed by atoms with Gasteiger partial charge in [-0.3, -0.25) is 4.79 Å². The maximum Gasteiger partial charge on any atom is 0.278 e. The highest BCUT2D eigenvalue weighted by Gasteiger charge is 2.25. The largest absolute Gasteiger partial charge is 0.497 e. The van der Waals surface area contributed by atoms with Gasteiger partial charge in [0, 0.05) is 16.1 Å². The molecule has 1 aliphatic heterocycles. The topological polar surface area (TPSA) is 38.4 Å². The average molecular weight is 404 g/mol. The summed E-state index contributed by atoms with van der Waals surface area (Å²) in [5.74, 6) is 1.10. The van der Waals surface area contributed by atoms with Crippen molar-refractivity contribution in [3.63, 3.8) is 0 Å². The van der Waals surface area contributed by atoms with Crippen molar-refractivity contribution in [2.24, 2.45) is 0 Å². The van der Waals surface area contributed by atoms with E-state index in [-0.39, 0.29) is 5.91 Å². The van der Waals surface area contributed by atoms with Gasteiger partial charge < -0.3 is 19.4 Å². The number of nitrogens with one attached hydrogen (secondary N) is 2. The predicted molar refractivity (Wildman–Crippen MR) is 111 cm³/mol. The molecule has 28 heavy (non-hydrogen) atoms. The quantitative estimate of drug-likeness (QED) is 0.697. The van der Waals surface area contributed by atoms with Crippen LogP contribution in [0.3, 0.4) is 0 Å².